The van der Waals surface area contributed by atoms with Crippen molar-refractivity contribution in [1.82, 2.24) is 10.2 Å². The van der Waals surface area contributed by atoms with Crippen molar-refractivity contribution in [3.05, 3.63) is 0 Å². The lowest BCUT2D eigenvalue weighted by molar-refractivity contribution is -0.138. The topological polar surface area (TPSA) is 32.3 Å². The van der Waals surface area contributed by atoms with Crippen molar-refractivity contribution in [2.45, 2.75) is 64.2 Å². The van der Waals surface area contributed by atoms with Crippen molar-refractivity contribution < 1.29 is 4.79 Å². The number of hydrogen-bond donors (Lipinski definition) is 1. The second-order valence-corrected chi connectivity index (χ2v) is 7.26. The number of amides is 1. The van der Waals surface area contributed by atoms with Gasteiger partial charge in [-0.1, -0.05) is 25.7 Å². The van der Waals surface area contributed by atoms with Crippen molar-refractivity contribution >= 4 is 18.3 Å². The summed E-state index contributed by atoms with van der Waals surface area (Å²) in [6.45, 7) is 4.40. The molecule has 1 saturated carbocycles. The Labute approximate surface area is 135 Å². The largest absolute Gasteiger partial charge is 0.342 e. The van der Waals surface area contributed by atoms with E-state index in [4.69, 9.17) is 0 Å². The first-order chi connectivity index (χ1) is 9.79. The monoisotopic (exact) mass is 314 g/mol. The van der Waals surface area contributed by atoms with E-state index in [0.717, 1.165) is 25.9 Å². The number of nitrogens with one attached hydrogen (secondary N) is 1. The van der Waals surface area contributed by atoms with E-state index in [1.807, 2.05) is 0 Å². The van der Waals surface area contributed by atoms with Gasteiger partial charge in [-0.05, 0) is 57.0 Å². The summed E-state index contributed by atoms with van der Waals surface area (Å²) in [5.41, 5.74) is 0.561. The summed E-state index contributed by atoms with van der Waals surface area (Å²) in [5.74, 6) is 0.829. The zero-order valence-corrected chi connectivity index (χ0v) is 14.1. The minimum absolute atomic E-state index is 0. The maximum Gasteiger partial charge on any atom is 0.225 e. The average molecular weight is 315 g/mol. The Morgan fingerprint density at radius 3 is 2.05 bits per heavy atom. The Morgan fingerprint density at radius 2 is 1.48 bits per heavy atom. The molecule has 3 nitrogen and oxygen atoms in total. The molecule has 21 heavy (non-hydrogen) atoms. The van der Waals surface area contributed by atoms with Crippen molar-refractivity contribution in [2.75, 3.05) is 26.2 Å². The molecule has 1 aliphatic carbocycles. The molecule has 0 aromatic heterocycles. The van der Waals surface area contributed by atoms with Crippen LogP contribution in [-0.2, 0) is 4.79 Å². The highest BCUT2D eigenvalue weighted by Crippen LogP contribution is 2.40. The van der Waals surface area contributed by atoms with E-state index >= 15 is 0 Å². The highest BCUT2D eigenvalue weighted by Gasteiger charge is 2.37. The standard InChI is InChI=1S/C17H30N2O.ClH/c20-16(15-5-3-1-2-4-6-15)19-13-9-17(10-14-19)7-11-18-12-8-17;/h15,18H,1-14H2;1H. The van der Waals surface area contributed by atoms with Crippen LogP contribution in [0.25, 0.3) is 0 Å². The van der Waals surface area contributed by atoms with Gasteiger partial charge in [-0.25, -0.2) is 0 Å². The number of rotatable bonds is 1. The maximum atomic E-state index is 12.7. The molecule has 1 N–H and O–H groups in total. The third-order valence-corrected chi connectivity index (χ3v) is 6.00. The quantitative estimate of drug-likeness (QED) is 0.753. The lowest BCUT2D eigenvalue weighted by atomic mass is 9.71. The number of nitrogens with zero attached hydrogens (tertiary/aromatic N) is 1. The predicted molar refractivity (Wildman–Crippen MR) is 88.8 cm³/mol. The zero-order chi connectivity index (χ0) is 13.8. The van der Waals surface area contributed by atoms with Gasteiger partial charge in [-0.2, -0.15) is 0 Å². The third kappa shape index (κ3) is 4.13. The minimum Gasteiger partial charge on any atom is -0.342 e. The molecule has 0 atom stereocenters. The number of likely N-dealkylation sites (tertiary alicyclic amines) is 1. The van der Waals surface area contributed by atoms with Gasteiger partial charge in [0.25, 0.3) is 0 Å². The minimum atomic E-state index is 0. The van der Waals surface area contributed by atoms with Gasteiger partial charge in [-0.15, -0.1) is 12.4 Å². The predicted octanol–water partition coefficient (Wildman–Crippen LogP) is 3.37. The van der Waals surface area contributed by atoms with Gasteiger partial charge in [0, 0.05) is 19.0 Å². The number of hydrogen-bond acceptors (Lipinski definition) is 2. The second kappa shape index (κ2) is 7.82. The van der Waals surface area contributed by atoms with E-state index in [9.17, 15) is 4.79 Å². The summed E-state index contributed by atoms with van der Waals surface area (Å²) >= 11 is 0. The maximum absolute atomic E-state index is 12.7. The first kappa shape index (κ1) is 17.1. The number of carbonyl (C=O) groups is 1. The Balaban J connectivity index is 0.00000161. The van der Waals surface area contributed by atoms with Crippen LogP contribution in [-0.4, -0.2) is 37.0 Å². The van der Waals surface area contributed by atoms with E-state index < -0.39 is 0 Å². The number of piperidine rings is 2. The highest BCUT2D eigenvalue weighted by molar-refractivity contribution is 5.85. The van der Waals surface area contributed by atoms with E-state index in [1.54, 1.807) is 0 Å². The molecule has 0 aromatic carbocycles. The van der Waals surface area contributed by atoms with E-state index in [2.05, 4.69) is 10.2 Å². The Bertz CT molecular complexity index is 324. The third-order valence-electron chi connectivity index (χ3n) is 6.00. The molecule has 2 aliphatic heterocycles. The van der Waals surface area contributed by atoms with Gasteiger partial charge >= 0.3 is 0 Å². The van der Waals surface area contributed by atoms with Crippen molar-refractivity contribution in [1.29, 1.82) is 0 Å². The van der Waals surface area contributed by atoms with Crippen molar-refractivity contribution in [3.8, 4) is 0 Å². The molecule has 0 bridgehead atoms. The molecule has 122 valence electrons. The van der Waals surface area contributed by atoms with Gasteiger partial charge in [0.1, 0.15) is 0 Å². The molecule has 0 aromatic rings. The van der Waals surface area contributed by atoms with Crippen LogP contribution in [0, 0.1) is 11.3 Å². The van der Waals surface area contributed by atoms with Gasteiger partial charge < -0.3 is 10.2 Å². The van der Waals surface area contributed by atoms with E-state index in [0.29, 0.717) is 17.2 Å². The molecule has 3 aliphatic rings. The van der Waals surface area contributed by atoms with Crippen molar-refractivity contribution in [2.24, 2.45) is 11.3 Å². The summed E-state index contributed by atoms with van der Waals surface area (Å²) < 4.78 is 0. The summed E-state index contributed by atoms with van der Waals surface area (Å²) in [6, 6.07) is 0. The molecule has 2 heterocycles. The lowest BCUT2D eigenvalue weighted by Crippen LogP contribution is -2.48. The van der Waals surface area contributed by atoms with Crippen LogP contribution in [0.2, 0.25) is 0 Å². The molecule has 0 unspecified atom stereocenters. The Hall–Kier alpha value is -0.280. The van der Waals surface area contributed by atoms with Crippen LogP contribution in [0.3, 0.4) is 0 Å². The molecule has 1 amide bonds. The molecule has 0 radical (unpaired) electrons. The number of halogens is 1. The van der Waals surface area contributed by atoms with Crippen LogP contribution in [0.5, 0.6) is 0 Å². The normalized spacial score (nSPS) is 27.0. The van der Waals surface area contributed by atoms with Crippen LogP contribution in [0.1, 0.15) is 64.2 Å². The Kier molecular flexibility index (Phi) is 6.36. The molecular formula is C17H31ClN2O. The molecule has 3 fully saturated rings. The van der Waals surface area contributed by atoms with Crippen LogP contribution < -0.4 is 5.32 Å². The van der Waals surface area contributed by atoms with Gasteiger partial charge in [0.2, 0.25) is 5.91 Å². The smallest absolute Gasteiger partial charge is 0.225 e. The fourth-order valence-electron chi connectivity index (χ4n) is 4.44. The summed E-state index contributed by atoms with van der Waals surface area (Å²) in [5, 5.41) is 3.47. The molecule has 2 saturated heterocycles. The second-order valence-electron chi connectivity index (χ2n) is 7.26. The molecule has 4 heteroatoms. The fraction of sp³-hybridized carbons (Fsp3) is 0.941. The van der Waals surface area contributed by atoms with Gasteiger partial charge in [-0.3, -0.25) is 4.79 Å². The molecule has 1 spiro atoms. The Morgan fingerprint density at radius 1 is 0.905 bits per heavy atom. The SMILES string of the molecule is Cl.O=C(C1CCCCCC1)N1CCC2(CCNCC2)CC1. The van der Waals surface area contributed by atoms with E-state index in [1.165, 1.54) is 64.5 Å². The highest BCUT2D eigenvalue weighted by atomic mass is 35.5. The molecule has 3 rings (SSSR count). The van der Waals surface area contributed by atoms with Crippen molar-refractivity contribution in [3.63, 3.8) is 0 Å². The summed E-state index contributed by atoms with van der Waals surface area (Å²) in [7, 11) is 0. The van der Waals surface area contributed by atoms with Crippen LogP contribution >= 0.6 is 12.4 Å². The van der Waals surface area contributed by atoms with Gasteiger partial charge in [0.05, 0.1) is 0 Å². The summed E-state index contributed by atoms with van der Waals surface area (Å²) in [6.07, 6.45) is 12.6. The average Bonchev–Trinajstić information content (AvgIpc) is 2.77. The van der Waals surface area contributed by atoms with Gasteiger partial charge in [0.15, 0.2) is 0 Å². The first-order valence-corrected chi connectivity index (χ1v) is 8.79. The lowest BCUT2D eigenvalue weighted by Gasteiger charge is -2.45. The van der Waals surface area contributed by atoms with Crippen LogP contribution in [0.4, 0.5) is 0 Å². The first-order valence-electron chi connectivity index (χ1n) is 8.79. The summed E-state index contributed by atoms with van der Waals surface area (Å²) in [4.78, 5) is 14.9. The fourth-order valence-corrected chi connectivity index (χ4v) is 4.44. The number of carbonyl (C=O) groups excluding carboxylic acids is 1. The van der Waals surface area contributed by atoms with Crippen LogP contribution in [0.15, 0.2) is 0 Å². The molecular weight excluding hydrogens is 284 g/mol. The van der Waals surface area contributed by atoms with E-state index in [-0.39, 0.29) is 12.4 Å². The zero-order valence-electron chi connectivity index (χ0n) is 13.2.